The van der Waals surface area contributed by atoms with Crippen LogP contribution in [0.4, 0.5) is 13.2 Å². The first-order valence-corrected chi connectivity index (χ1v) is 6.47. The van der Waals surface area contributed by atoms with E-state index in [0.29, 0.717) is 12.1 Å². The van der Waals surface area contributed by atoms with E-state index in [4.69, 9.17) is 16.3 Å². The Bertz CT molecular complexity index is 603. The Morgan fingerprint density at radius 2 is 1.64 bits per heavy atom. The molecule has 0 amide bonds. The van der Waals surface area contributed by atoms with Crippen LogP contribution in [0.5, 0.6) is 0 Å². The van der Waals surface area contributed by atoms with Gasteiger partial charge in [-0.05, 0) is 32.9 Å². The molecule has 0 bridgehead atoms. The Balaban J connectivity index is 3.50. The van der Waals surface area contributed by atoms with E-state index in [0.717, 1.165) is 7.11 Å². The minimum atomic E-state index is -4.72. The third kappa shape index (κ3) is 4.37. The molecule has 0 heterocycles. The van der Waals surface area contributed by atoms with Crippen molar-refractivity contribution in [2.45, 2.75) is 32.5 Å². The molecule has 0 aromatic heterocycles. The molecule has 0 N–H and O–H groups in total. The number of alkyl halides is 3. The van der Waals surface area contributed by atoms with Gasteiger partial charge in [0, 0.05) is 0 Å². The number of benzene rings is 1. The van der Waals surface area contributed by atoms with Crippen LogP contribution in [0.3, 0.4) is 0 Å². The summed E-state index contributed by atoms with van der Waals surface area (Å²) in [6, 6.07) is 1.07. The Labute approximate surface area is 130 Å². The summed E-state index contributed by atoms with van der Waals surface area (Å²) in [5, 5.41) is -0.538. The van der Waals surface area contributed by atoms with Crippen LogP contribution in [0.25, 0.3) is 0 Å². The fraction of sp³-hybridized carbons (Fsp3) is 0.429. The topological polar surface area (TPSA) is 52.6 Å². The van der Waals surface area contributed by atoms with Gasteiger partial charge in [-0.1, -0.05) is 11.6 Å². The number of rotatable bonds is 2. The van der Waals surface area contributed by atoms with Gasteiger partial charge in [-0.15, -0.1) is 0 Å². The fourth-order valence-corrected chi connectivity index (χ4v) is 1.87. The summed E-state index contributed by atoms with van der Waals surface area (Å²) in [6.45, 7) is 4.71. The minimum absolute atomic E-state index is 0.462. The lowest BCUT2D eigenvalue weighted by Crippen LogP contribution is -2.26. The number of carbonyl (C=O) groups excluding carboxylic acids is 2. The summed E-state index contributed by atoms with van der Waals surface area (Å²) < 4.78 is 47.8. The molecule has 22 heavy (non-hydrogen) atoms. The smallest absolute Gasteiger partial charge is 0.416 e. The van der Waals surface area contributed by atoms with Gasteiger partial charge in [-0.3, -0.25) is 0 Å². The molecule has 0 saturated heterocycles. The molecule has 8 heteroatoms. The highest BCUT2D eigenvalue weighted by atomic mass is 35.5. The molecule has 0 spiro atoms. The number of hydrogen-bond acceptors (Lipinski definition) is 4. The van der Waals surface area contributed by atoms with Gasteiger partial charge in [0.25, 0.3) is 0 Å². The second-order valence-electron chi connectivity index (χ2n) is 5.37. The van der Waals surface area contributed by atoms with Crippen LogP contribution in [-0.2, 0) is 15.7 Å². The minimum Gasteiger partial charge on any atom is -0.465 e. The first-order chi connectivity index (χ1) is 9.86. The summed E-state index contributed by atoms with van der Waals surface area (Å²) in [6.07, 6.45) is -4.72. The normalized spacial score (nSPS) is 12.0. The fourth-order valence-electron chi connectivity index (χ4n) is 1.58. The quantitative estimate of drug-likeness (QED) is 0.762. The van der Waals surface area contributed by atoms with Crippen molar-refractivity contribution in [3.05, 3.63) is 33.8 Å². The van der Waals surface area contributed by atoms with Crippen molar-refractivity contribution in [2.24, 2.45) is 0 Å². The van der Waals surface area contributed by atoms with E-state index in [1.165, 1.54) is 0 Å². The van der Waals surface area contributed by atoms with Crippen LogP contribution in [0.2, 0.25) is 5.02 Å². The van der Waals surface area contributed by atoms with Crippen LogP contribution in [0.15, 0.2) is 12.1 Å². The van der Waals surface area contributed by atoms with Crippen LogP contribution in [-0.4, -0.2) is 24.6 Å². The highest BCUT2D eigenvalue weighted by Gasteiger charge is 2.35. The molecule has 0 aliphatic rings. The number of hydrogen-bond donors (Lipinski definition) is 0. The van der Waals surface area contributed by atoms with E-state index in [2.05, 4.69) is 4.74 Å². The monoisotopic (exact) mass is 338 g/mol. The Kier molecular flexibility index (Phi) is 5.12. The lowest BCUT2D eigenvalue weighted by Gasteiger charge is -2.21. The zero-order chi connectivity index (χ0) is 17.3. The zero-order valence-corrected chi connectivity index (χ0v) is 13.1. The maximum atomic E-state index is 12.8. The standard InChI is InChI=1S/C14H14ClF3O4/c1-13(2,3)22-12(20)10-8(11(19)21-4)5-7(6-9(10)15)14(16,17)18/h5-6H,1-4H3. The van der Waals surface area contributed by atoms with E-state index >= 15 is 0 Å². The Morgan fingerprint density at radius 1 is 1.09 bits per heavy atom. The summed E-state index contributed by atoms with van der Waals surface area (Å²) in [4.78, 5) is 23.8. The number of halogens is 4. The molecule has 0 unspecified atom stereocenters. The van der Waals surface area contributed by atoms with Crippen molar-refractivity contribution in [1.82, 2.24) is 0 Å². The lowest BCUT2D eigenvalue weighted by molar-refractivity contribution is -0.137. The zero-order valence-electron chi connectivity index (χ0n) is 12.3. The number of esters is 2. The van der Waals surface area contributed by atoms with E-state index in [-0.39, 0.29) is 0 Å². The molecule has 4 nitrogen and oxygen atoms in total. The second kappa shape index (κ2) is 6.16. The van der Waals surface area contributed by atoms with Crippen molar-refractivity contribution in [3.63, 3.8) is 0 Å². The summed E-state index contributed by atoms with van der Waals surface area (Å²) in [5.74, 6) is -2.12. The molecular weight excluding hydrogens is 325 g/mol. The van der Waals surface area contributed by atoms with Crippen molar-refractivity contribution >= 4 is 23.5 Å². The predicted octanol–water partition coefficient (Wildman–Crippen LogP) is 4.10. The first kappa shape index (κ1) is 18.3. The number of methoxy groups -OCH3 is 1. The average Bonchev–Trinajstić information content (AvgIpc) is 2.33. The molecular formula is C14H14ClF3O4. The largest absolute Gasteiger partial charge is 0.465 e. The molecule has 1 aromatic rings. The van der Waals surface area contributed by atoms with Crippen molar-refractivity contribution in [1.29, 1.82) is 0 Å². The molecule has 0 aliphatic carbocycles. The summed E-state index contributed by atoms with van der Waals surface area (Å²) in [5.41, 5.74) is -3.13. The predicted molar refractivity (Wildman–Crippen MR) is 73.0 cm³/mol. The van der Waals surface area contributed by atoms with Crippen LogP contribution < -0.4 is 0 Å². The summed E-state index contributed by atoms with van der Waals surface area (Å²) in [7, 11) is 0.982. The van der Waals surface area contributed by atoms with Crippen LogP contribution >= 0.6 is 11.6 Å². The summed E-state index contributed by atoms with van der Waals surface area (Å²) >= 11 is 5.76. The van der Waals surface area contributed by atoms with Gasteiger partial charge in [0.1, 0.15) is 5.60 Å². The van der Waals surface area contributed by atoms with Gasteiger partial charge in [0.15, 0.2) is 0 Å². The van der Waals surface area contributed by atoms with E-state index in [1.807, 2.05) is 0 Å². The first-order valence-electron chi connectivity index (χ1n) is 6.09. The molecule has 0 saturated carbocycles. The van der Waals surface area contributed by atoms with Crippen molar-refractivity contribution in [2.75, 3.05) is 7.11 Å². The van der Waals surface area contributed by atoms with Gasteiger partial charge < -0.3 is 9.47 Å². The van der Waals surface area contributed by atoms with E-state index in [9.17, 15) is 22.8 Å². The Hall–Kier alpha value is -1.76. The van der Waals surface area contributed by atoms with Gasteiger partial charge in [0.2, 0.25) is 0 Å². The van der Waals surface area contributed by atoms with Gasteiger partial charge >= 0.3 is 18.1 Å². The molecule has 0 atom stereocenters. The van der Waals surface area contributed by atoms with E-state index < -0.39 is 45.4 Å². The SMILES string of the molecule is COC(=O)c1cc(C(F)(F)F)cc(Cl)c1C(=O)OC(C)(C)C. The van der Waals surface area contributed by atoms with Crippen molar-refractivity contribution < 1.29 is 32.2 Å². The second-order valence-corrected chi connectivity index (χ2v) is 5.78. The maximum Gasteiger partial charge on any atom is 0.416 e. The third-order valence-corrected chi connectivity index (χ3v) is 2.72. The van der Waals surface area contributed by atoms with E-state index in [1.54, 1.807) is 20.8 Å². The highest BCUT2D eigenvalue weighted by molar-refractivity contribution is 6.34. The molecule has 1 rings (SSSR count). The molecule has 0 aliphatic heterocycles. The van der Waals surface area contributed by atoms with Gasteiger partial charge in [-0.25, -0.2) is 9.59 Å². The third-order valence-electron chi connectivity index (χ3n) is 2.43. The van der Waals surface area contributed by atoms with Crippen molar-refractivity contribution in [3.8, 4) is 0 Å². The molecule has 0 radical (unpaired) electrons. The lowest BCUT2D eigenvalue weighted by atomic mass is 10.0. The maximum absolute atomic E-state index is 12.8. The number of ether oxygens (including phenoxy) is 2. The molecule has 0 fully saturated rings. The van der Waals surface area contributed by atoms with Crippen LogP contribution in [0, 0.1) is 0 Å². The van der Waals surface area contributed by atoms with Crippen LogP contribution in [0.1, 0.15) is 47.1 Å². The molecule has 1 aromatic carbocycles. The Morgan fingerprint density at radius 3 is 2.05 bits per heavy atom. The van der Waals surface area contributed by atoms with Gasteiger partial charge in [-0.2, -0.15) is 13.2 Å². The number of carbonyl (C=O) groups is 2. The molecule has 122 valence electrons. The highest BCUT2D eigenvalue weighted by Crippen LogP contribution is 2.35. The average molecular weight is 339 g/mol. The van der Waals surface area contributed by atoms with Gasteiger partial charge in [0.05, 0.1) is 28.8 Å².